The van der Waals surface area contributed by atoms with Crippen molar-refractivity contribution in [3.8, 4) is 0 Å². The van der Waals surface area contributed by atoms with E-state index < -0.39 is 5.95 Å². The third kappa shape index (κ3) is 3.44. The molecule has 0 saturated heterocycles. The van der Waals surface area contributed by atoms with Gasteiger partial charge in [-0.05, 0) is 18.1 Å². The third-order valence-corrected chi connectivity index (χ3v) is 2.13. The number of halogens is 3. The topological polar surface area (TPSA) is 12.9 Å². The molecule has 0 aliphatic carbocycles. The van der Waals surface area contributed by atoms with Crippen LogP contribution in [0.15, 0.2) is 18.3 Å². The smallest absolute Gasteiger partial charge is 0.226 e. The van der Waals surface area contributed by atoms with Crippen molar-refractivity contribution < 1.29 is 4.39 Å². The first-order chi connectivity index (χ1) is 6.24. The predicted molar refractivity (Wildman–Crippen MR) is 56.7 cm³/mol. The highest BCUT2D eigenvalue weighted by molar-refractivity contribution is 9.09. The van der Waals surface area contributed by atoms with E-state index in [1.165, 1.54) is 6.20 Å². The third-order valence-electron chi connectivity index (χ3n) is 1.40. The Morgan fingerprint density at radius 2 is 2.38 bits per heavy atom. The maximum Gasteiger partial charge on any atom is 0.231 e. The van der Waals surface area contributed by atoms with Crippen LogP contribution in [-0.4, -0.2) is 10.3 Å². The number of allylic oxidation sites excluding steroid dienone is 1. The van der Waals surface area contributed by atoms with Crippen LogP contribution in [0.2, 0.25) is 5.02 Å². The van der Waals surface area contributed by atoms with Gasteiger partial charge < -0.3 is 0 Å². The minimum atomic E-state index is -0.626. The first-order valence-corrected chi connectivity index (χ1v) is 5.27. The van der Waals surface area contributed by atoms with E-state index in [0.29, 0.717) is 0 Å². The maximum absolute atomic E-state index is 12.6. The predicted octanol–water partition coefficient (Wildman–Crippen LogP) is 3.67. The molecule has 0 aliphatic heterocycles. The largest absolute Gasteiger partial charge is 0.231 e. The molecule has 13 heavy (non-hydrogen) atoms. The van der Waals surface area contributed by atoms with Gasteiger partial charge in [0.05, 0.1) is 5.02 Å². The standard InChI is InChI=1S/C9H8BrClFN/c10-4-2-1-3-7-5-8(11)9(12)13-6-7/h1,3,5-6H,2,4H2. The lowest BCUT2D eigenvalue weighted by Crippen LogP contribution is -1.84. The number of rotatable bonds is 3. The Kier molecular flexibility index (Phi) is 4.39. The van der Waals surface area contributed by atoms with E-state index in [0.717, 1.165) is 17.3 Å². The molecule has 0 radical (unpaired) electrons. The molecule has 4 heteroatoms. The highest BCUT2D eigenvalue weighted by Gasteiger charge is 1.99. The van der Waals surface area contributed by atoms with E-state index in [2.05, 4.69) is 20.9 Å². The maximum atomic E-state index is 12.6. The molecule has 0 atom stereocenters. The summed E-state index contributed by atoms with van der Waals surface area (Å²) in [4.78, 5) is 3.50. The van der Waals surface area contributed by atoms with Crippen molar-refractivity contribution in [2.45, 2.75) is 6.42 Å². The Bertz CT molecular complexity index is 314. The van der Waals surface area contributed by atoms with Gasteiger partial charge in [-0.2, -0.15) is 4.39 Å². The first-order valence-electron chi connectivity index (χ1n) is 3.77. The Hall–Kier alpha value is -0.410. The van der Waals surface area contributed by atoms with E-state index in [1.54, 1.807) is 6.07 Å². The summed E-state index contributed by atoms with van der Waals surface area (Å²) in [5.74, 6) is -0.626. The molecule has 1 rings (SSSR count). The Labute approximate surface area is 89.8 Å². The molecule has 1 aromatic rings. The van der Waals surface area contributed by atoms with Crippen LogP contribution >= 0.6 is 27.5 Å². The van der Waals surface area contributed by atoms with Gasteiger partial charge in [0.25, 0.3) is 0 Å². The fourth-order valence-electron chi connectivity index (χ4n) is 0.810. The zero-order valence-corrected chi connectivity index (χ0v) is 9.15. The van der Waals surface area contributed by atoms with Crippen LogP contribution in [0.1, 0.15) is 12.0 Å². The molecule has 70 valence electrons. The molecule has 0 unspecified atom stereocenters. The van der Waals surface area contributed by atoms with E-state index in [9.17, 15) is 4.39 Å². The number of hydrogen-bond donors (Lipinski definition) is 0. The van der Waals surface area contributed by atoms with Crippen molar-refractivity contribution in [3.05, 3.63) is 34.9 Å². The summed E-state index contributed by atoms with van der Waals surface area (Å²) in [5, 5.41) is 0.965. The van der Waals surface area contributed by atoms with Crippen LogP contribution in [-0.2, 0) is 0 Å². The lowest BCUT2D eigenvalue weighted by molar-refractivity contribution is 0.584. The second kappa shape index (κ2) is 5.35. The van der Waals surface area contributed by atoms with Gasteiger partial charge in [-0.3, -0.25) is 0 Å². The average Bonchev–Trinajstić information content (AvgIpc) is 2.12. The highest BCUT2D eigenvalue weighted by atomic mass is 79.9. The van der Waals surface area contributed by atoms with E-state index in [4.69, 9.17) is 11.6 Å². The summed E-state index contributed by atoms with van der Waals surface area (Å²) < 4.78 is 12.6. The highest BCUT2D eigenvalue weighted by Crippen LogP contribution is 2.14. The van der Waals surface area contributed by atoms with E-state index >= 15 is 0 Å². The molecule has 0 bridgehead atoms. The van der Waals surface area contributed by atoms with Crippen LogP contribution in [0.5, 0.6) is 0 Å². The quantitative estimate of drug-likeness (QED) is 0.599. The van der Waals surface area contributed by atoms with Gasteiger partial charge in [-0.25, -0.2) is 4.98 Å². The molecule has 1 heterocycles. The van der Waals surface area contributed by atoms with Gasteiger partial charge in [0.1, 0.15) is 0 Å². The second-order valence-electron chi connectivity index (χ2n) is 2.42. The minimum Gasteiger partial charge on any atom is -0.226 e. The molecule has 0 spiro atoms. The number of alkyl halides is 1. The van der Waals surface area contributed by atoms with Crippen LogP contribution in [0, 0.1) is 5.95 Å². The van der Waals surface area contributed by atoms with Gasteiger partial charge in [0, 0.05) is 11.5 Å². The van der Waals surface area contributed by atoms with Crippen molar-refractivity contribution >= 4 is 33.6 Å². The molecule has 1 aromatic heterocycles. The van der Waals surface area contributed by atoms with Gasteiger partial charge in [-0.1, -0.05) is 39.7 Å². The zero-order valence-electron chi connectivity index (χ0n) is 6.80. The van der Waals surface area contributed by atoms with Gasteiger partial charge in [0.15, 0.2) is 0 Å². The lowest BCUT2D eigenvalue weighted by atomic mass is 10.2. The minimum absolute atomic E-state index is 0.0565. The number of hydrogen-bond acceptors (Lipinski definition) is 1. The van der Waals surface area contributed by atoms with Crippen molar-refractivity contribution in [1.29, 1.82) is 0 Å². The molecule has 0 amide bonds. The lowest BCUT2D eigenvalue weighted by Gasteiger charge is -1.94. The monoisotopic (exact) mass is 263 g/mol. The van der Waals surface area contributed by atoms with Gasteiger partial charge in [0.2, 0.25) is 5.95 Å². The summed E-state index contributed by atoms with van der Waals surface area (Å²) in [5.41, 5.74) is 0.812. The summed E-state index contributed by atoms with van der Waals surface area (Å²) in [6.45, 7) is 0. The molecule has 1 nitrogen and oxygen atoms in total. The average molecular weight is 265 g/mol. The molecule has 0 saturated carbocycles. The van der Waals surface area contributed by atoms with Crippen molar-refractivity contribution in [2.24, 2.45) is 0 Å². The Balaban J connectivity index is 2.73. The first kappa shape index (κ1) is 10.7. The van der Waals surface area contributed by atoms with Crippen molar-refractivity contribution in [2.75, 3.05) is 5.33 Å². The summed E-state index contributed by atoms with van der Waals surface area (Å²) in [7, 11) is 0. The Morgan fingerprint density at radius 3 is 3.00 bits per heavy atom. The Morgan fingerprint density at radius 1 is 1.62 bits per heavy atom. The second-order valence-corrected chi connectivity index (χ2v) is 3.62. The number of nitrogens with zero attached hydrogens (tertiary/aromatic N) is 1. The van der Waals surface area contributed by atoms with Crippen molar-refractivity contribution in [3.63, 3.8) is 0 Å². The summed E-state index contributed by atoms with van der Waals surface area (Å²) in [6.07, 6.45) is 6.21. The van der Waals surface area contributed by atoms with E-state index in [1.807, 2.05) is 12.2 Å². The molecule has 0 N–H and O–H groups in total. The number of pyridine rings is 1. The zero-order chi connectivity index (χ0) is 9.68. The van der Waals surface area contributed by atoms with Crippen LogP contribution < -0.4 is 0 Å². The van der Waals surface area contributed by atoms with Crippen LogP contribution in [0.25, 0.3) is 6.08 Å². The SMILES string of the molecule is Fc1ncc(C=CCCBr)cc1Cl. The molecular formula is C9H8BrClFN. The van der Waals surface area contributed by atoms with Gasteiger partial charge >= 0.3 is 0 Å². The van der Waals surface area contributed by atoms with Crippen molar-refractivity contribution in [1.82, 2.24) is 4.98 Å². The molecule has 0 aromatic carbocycles. The molecule has 0 aliphatic rings. The summed E-state index contributed by atoms with van der Waals surface area (Å²) in [6, 6.07) is 1.55. The fraction of sp³-hybridized carbons (Fsp3) is 0.222. The van der Waals surface area contributed by atoms with E-state index in [-0.39, 0.29) is 5.02 Å². The molecule has 0 fully saturated rings. The molecular weight excluding hydrogens is 256 g/mol. The number of aromatic nitrogens is 1. The fourth-order valence-corrected chi connectivity index (χ4v) is 1.25. The summed E-state index contributed by atoms with van der Waals surface area (Å²) >= 11 is 8.84. The van der Waals surface area contributed by atoms with Crippen LogP contribution in [0.4, 0.5) is 4.39 Å². The normalized spacial score (nSPS) is 11.0. The van der Waals surface area contributed by atoms with Crippen LogP contribution in [0.3, 0.4) is 0 Å². The van der Waals surface area contributed by atoms with Gasteiger partial charge in [-0.15, -0.1) is 0 Å².